The molecule has 2 heterocycles. The van der Waals surface area contributed by atoms with Crippen molar-refractivity contribution in [3.8, 4) is 11.5 Å². The van der Waals surface area contributed by atoms with E-state index in [9.17, 15) is 23.9 Å². The first-order chi connectivity index (χ1) is 17.6. The Morgan fingerprint density at radius 3 is 2.92 bits per heavy atom. The largest absolute Gasteiger partial charge is 0.501 e. The number of ether oxygens (including phenoxy) is 2. The van der Waals surface area contributed by atoms with E-state index in [1.165, 1.54) is 28.3 Å². The third-order valence-corrected chi connectivity index (χ3v) is 6.09. The zero-order chi connectivity index (χ0) is 27.1. The Bertz CT molecular complexity index is 1290. The van der Waals surface area contributed by atoms with Gasteiger partial charge in [-0.05, 0) is 12.5 Å². The van der Waals surface area contributed by atoms with Crippen LogP contribution < -0.4 is 15.6 Å². The molecule has 198 valence electrons. The van der Waals surface area contributed by atoms with Gasteiger partial charge < -0.3 is 19.9 Å². The van der Waals surface area contributed by atoms with Gasteiger partial charge in [0.1, 0.15) is 36.2 Å². The van der Waals surface area contributed by atoms with Gasteiger partial charge >= 0.3 is 5.91 Å². The molecule has 0 fully saturated rings. The quantitative estimate of drug-likeness (QED) is 0.219. The van der Waals surface area contributed by atoms with Crippen LogP contribution in [0, 0.1) is 5.82 Å². The molecule has 2 aromatic rings. The molecule has 0 saturated carbocycles. The lowest BCUT2D eigenvalue weighted by Crippen LogP contribution is -2.33. The lowest BCUT2D eigenvalue weighted by atomic mass is 10.2. The molecule has 1 aromatic carbocycles. The molecule has 0 bridgehead atoms. The van der Waals surface area contributed by atoms with Crippen molar-refractivity contribution >= 4 is 30.1 Å². The summed E-state index contributed by atoms with van der Waals surface area (Å²) >= 11 is 6.10. The molecule has 1 aliphatic rings. The number of carbonyl (C=O) groups is 2. The fourth-order valence-electron chi connectivity index (χ4n) is 3.70. The zero-order valence-electron chi connectivity index (χ0n) is 20.6. The number of carbonyl (C=O) groups excluding carboxylic acids is 2. The highest BCUT2D eigenvalue weighted by Gasteiger charge is 2.26. The summed E-state index contributed by atoms with van der Waals surface area (Å²) < 4.78 is 27.8. The van der Waals surface area contributed by atoms with Crippen molar-refractivity contribution in [3.63, 3.8) is 0 Å². The van der Waals surface area contributed by atoms with Crippen LogP contribution in [0.3, 0.4) is 0 Å². The van der Waals surface area contributed by atoms with Gasteiger partial charge in [-0.15, -0.1) is 0 Å². The molecule has 37 heavy (non-hydrogen) atoms. The standard InChI is InChI=1S/C25H28ClFN4O6/c1-4-16-14-36-12-10-18-29-21(22(33)25(35)31(16)18)24(34)28-13-15-8-9-17(27)20(26)23(15)37-11-6-5-7-19(32)30(2)3/h5,7-9,16H,2,4,6,10-14H2,1,3H3,(H-,28,33,34)/p+1/b7-5+/t16-/m0/s1. The van der Waals surface area contributed by atoms with E-state index in [0.29, 0.717) is 43.9 Å². The summed E-state index contributed by atoms with van der Waals surface area (Å²) in [6, 6.07) is 2.24. The first-order valence-corrected chi connectivity index (χ1v) is 12.1. The predicted molar refractivity (Wildman–Crippen MR) is 134 cm³/mol. The normalized spacial score (nSPS) is 15.2. The molecule has 2 N–H and O–H groups in total. The summed E-state index contributed by atoms with van der Waals surface area (Å²) in [5.41, 5.74) is -0.755. The van der Waals surface area contributed by atoms with E-state index in [2.05, 4.69) is 17.0 Å². The van der Waals surface area contributed by atoms with Crippen LogP contribution in [0.15, 0.2) is 29.1 Å². The highest BCUT2D eigenvalue weighted by Crippen LogP contribution is 2.32. The molecular weight excluding hydrogens is 507 g/mol. The van der Waals surface area contributed by atoms with Crippen molar-refractivity contribution < 1.29 is 33.1 Å². The summed E-state index contributed by atoms with van der Waals surface area (Å²) in [6.07, 6.45) is 4.15. The number of halogens is 2. The highest BCUT2D eigenvalue weighted by atomic mass is 35.5. The minimum Gasteiger partial charge on any atom is -0.501 e. The Kier molecular flexibility index (Phi) is 9.54. The van der Waals surface area contributed by atoms with Gasteiger partial charge in [-0.1, -0.05) is 30.7 Å². The summed E-state index contributed by atoms with van der Waals surface area (Å²) in [7, 11) is 1.52. The smallest absolute Gasteiger partial charge is 0.411 e. The fraction of sp³-hybridized carbons (Fsp3) is 0.400. The second-order valence-electron chi connectivity index (χ2n) is 8.40. The van der Waals surface area contributed by atoms with Crippen molar-refractivity contribution in [2.45, 2.75) is 38.8 Å². The van der Waals surface area contributed by atoms with Crippen LogP contribution >= 0.6 is 11.6 Å². The molecule has 1 aliphatic heterocycles. The van der Waals surface area contributed by atoms with Crippen LogP contribution in [0.5, 0.6) is 11.5 Å². The second-order valence-corrected chi connectivity index (χ2v) is 8.77. The molecule has 3 rings (SSSR count). The van der Waals surface area contributed by atoms with E-state index < -0.39 is 28.7 Å². The van der Waals surface area contributed by atoms with Gasteiger partial charge in [-0.25, -0.2) is 14.2 Å². The molecule has 0 saturated heterocycles. The first kappa shape index (κ1) is 28.0. The number of likely N-dealkylation sites (N-methyl/N-ethyl adjacent to an activating group) is 1. The number of aromatic nitrogens is 2. The number of amides is 2. The Balaban J connectivity index is 1.76. The Morgan fingerprint density at radius 2 is 2.22 bits per heavy atom. The van der Waals surface area contributed by atoms with Crippen molar-refractivity contribution in [1.29, 1.82) is 0 Å². The lowest BCUT2D eigenvalue weighted by Gasteiger charge is -2.19. The van der Waals surface area contributed by atoms with Gasteiger partial charge in [-0.2, -0.15) is 4.58 Å². The number of hydrogen-bond acceptors (Lipinski definition) is 7. The van der Waals surface area contributed by atoms with E-state index in [1.807, 2.05) is 6.92 Å². The molecule has 2 amide bonds. The monoisotopic (exact) mass is 535 g/mol. The van der Waals surface area contributed by atoms with Gasteiger partial charge in [0.05, 0.1) is 31.9 Å². The lowest BCUT2D eigenvalue weighted by molar-refractivity contribution is -0.404. The molecule has 0 aliphatic carbocycles. The van der Waals surface area contributed by atoms with Gasteiger partial charge in [0.2, 0.25) is 5.75 Å². The maximum Gasteiger partial charge on any atom is 0.411 e. The number of fused-ring (bicyclic) bond motifs is 1. The molecule has 1 atom stereocenters. The van der Waals surface area contributed by atoms with Crippen LogP contribution in [-0.4, -0.2) is 64.6 Å². The van der Waals surface area contributed by atoms with Gasteiger partial charge in [-0.3, -0.25) is 14.2 Å². The molecule has 0 spiro atoms. The van der Waals surface area contributed by atoms with Crippen LogP contribution in [0.1, 0.15) is 47.7 Å². The number of rotatable bonds is 9. The Labute approximate surface area is 218 Å². The highest BCUT2D eigenvalue weighted by molar-refractivity contribution is 6.32. The van der Waals surface area contributed by atoms with E-state index >= 15 is 0 Å². The third-order valence-electron chi connectivity index (χ3n) is 5.73. The van der Waals surface area contributed by atoms with Gasteiger partial charge in [0, 0.05) is 24.9 Å². The number of nitrogens with one attached hydrogen (secondary N) is 1. The third kappa shape index (κ3) is 6.60. The number of benzene rings is 1. The minimum absolute atomic E-state index is 0.0260. The molecular formula is C25H29ClFN4O6+. The number of nitrogens with zero attached hydrogens (tertiary/aromatic N) is 3. The molecule has 0 unspecified atom stereocenters. The van der Waals surface area contributed by atoms with Crippen LogP contribution in [0.2, 0.25) is 5.02 Å². The first-order valence-electron chi connectivity index (χ1n) is 11.7. The SMILES string of the molecule is C=[N+](C)C(=O)/C=C/CCOc1c(CNC(=O)c2nc3n(c(=O)c2O)[C@@H](CC)COCC3)ccc(F)c1Cl. The van der Waals surface area contributed by atoms with Gasteiger partial charge in [0.25, 0.3) is 11.5 Å². The Morgan fingerprint density at radius 1 is 1.46 bits per heavy atom. The molecule has 12 heteroatoms. The average molecular weight is 536 g/mol. The number of hydrogen-bond donors (Lipinski definition) is 2. The average Bonchev–Trinajstić information content (AvgIpc) is 3.09. The van der Waals surface area contributed by atoms with Crippen molar-refractivity contribution in [3.05, 3.63) is 62.6 Å². The van der Waals surface area contributed by atoms with E-state index in [4.69, 9.17) is 21.1 Å². The van der Waals surface area contributed by atoms with Gasteiger partial charge in [0.15, 0.2) is 5.69 Å². The fourth-order valence-corrected chi connectivity index (χ4v) is 3.94. The van der Waals surface area contributed by atoms with E-state index in [1.54, 1.807) is 6.08 Å². The zero-order valence-corrected chi connectivity index (χ0v) is 21.4. The van der Waals surface area contributed by atoms with Crippen molar-refractivity contribution in [1.82, 2.24) is 14.9 Å². The summed E-state index contributed by atoms with van der Waals surface area (Å²) in [5, 5.41) is 12.8. The summed E-state index contributed by atoms with van der Waals surface area (Å²) in [6.45, 7) is 5.95. The predicted octanol–water partition coefficient (Wildman–Crippen LogP) is 2.39. The maximum absolute atomic E-state index is 14.1. The molecule has 1 aromatic heterocycles. The van der Waals surface area contributed by atoms with E-state index in [0.717, 1.165) is 6.07 Å². The topological polar surface area (TPSA) is 123 Å². The Hall–Kier alpha value is -3.57. The van der Waals surface area contributed by atoms with Crippen LogP contribution in [0.4, 0.5) is 4.39 Å². The minimum atomic E-state index is -0.790. The summed E-state index contributed by atoms with van der Waals surface area (Å²) in [4.78, 5) is 41.5. The number of aromatic hydroxyl groups is 1. The molecule has 0 radical (unpaired) electrons. The van der Waals surface area contributed by atoms with Crippen LogP contribution in [-0.2, 0) is 22.5 Å². The summed E-state index contributed by atoms with van der Waals surface area (Å²) in [5.74, 6) is -2.17. The van der Waals surface area contributed by atoms with E-state index in [-0.39, 0.29) is 35.9 Å². The van der Waals surface area contributed by atoms with Crippen molar-refractivity contribution in [2.75, 3.05) is 26.9 Å². The second kappa shape index (κ2) is 12.6. The maximum atomic E-state index is 14.1. The molecule has 10 nitrogen and oxygen atoms in total. The van der Waals surface area contributed by atoms with Crippen molar-refractivity contribution in [2.24, 2.45) is 0 Å². The van der Waals surface area contributed by atoms with Crippen LogP contribution in [0.25, 0.3) is 0 Å².